The number of aromatic amines is 1. The first-order valence-electron chi connectivity index (χ1n) is 20.6. The molecule has 1 aromatic heterocycles. The number of esters is 1. The van der Waals surface area contributed by atoms with Crippen LogP contribution in [0, 0.1) is 56.6 Å². The van der Waals surface area contributed by atoms with Crippen LogP contribution < -0.4 is 11.1 Å². The predicted molar refractivity (Wildman–Crippen MR) is 206 cm³/mol. The van der Waals surface area contributed by atoms with Crippen LogP contribution >= 0.6 is 0 Å². The molecule has 4 N–H and O–H groups in total. The molecule has 7 nitrogen and oxygen atoms in total. The van der Waals surface area contributed by atoms with Gasteiger partial charge in [0, 0.05) is 17.9 Å². The molecule has 1 amide bonds. The Bertz CT molecular complexity index is 1810. The summed E-state index contributed by atoms with van der Waals surface area (Å²) in [5.74, 6) is 1.96. The second-order valence-electron chi connectivity index (χ2n) is 20.0. The van der Waals surface area contributed by atoms with Gasteiger partial charge >= 0.3 is 5.97 Å². The Labute approximate surface area is 316 Å². The Morgan fingerprint density at radius 1 is 0.887 bits per heavy atom. The number of amides is 1. The highest BCUT2D eigenvalue weighted by Gasteiger charge is 2.75. The van der Waals surface area contributed by atoms with Gasteiger partial charge in [-0.05, 0) is 160 Å². The van der Waals surface area contributed by atoms with E-state index in [4.69, 9.17) is 15.5 Å². The van der Waals surface area contributed by atoms with Crippen LogP contribution in [0.3, 0.4) is 0 Å². The van der Waals surface area contributed by atoms with E-state index in [1.807, 2.05) is 6.20 Å². The number of aromatic nitrogens is 2. The molecule has 0 saturated heterocycles. The van der Waals surface area contributed by atoms with Gasteiger partial charge in [-0.2, -0.15) is 0 Å². The number of halogens is 1. The van der Waals surface area contributed by atoms with E-state index in [0.717, 1.165) is 101 Å². The van der Waals surface area contributed by atoms with Crippen molar-refractivity contribution in [2.45, 2.75) is 149 Å². The van der Waals surface area contributed by atoms with Gasteiger partial charge in [0.05, 0.1) is 22.8 Å². The SMILES string of the molecule is C=C(C)[C@@H]1CC[C@]2(C(=O)NC3(c4ncc(-c5ccc(F)cc5)[nH]4)CCC3)CC[C@]3(C)C(CC[C@@H]4[C@@]5(C)CC[C@H](OC(C)=O)C(C)(C)[C@]5(N)CC[C@]43C)[C@@H]12. The number of H-pyrrole nitrogens is 1. The monoisotopic (exact) mass is 726 g/mol. The topological polar surface area (TPSA) is 110 Å². The Balaban J connectivity index is 1.10. The molecular formula is C45H63FN4O3. The summed E-state index contributed by atoms with van der Waals surface area (Å²) in [6, 6.07) is 6.47. The van der Waals surface area contributed by atoms with Crippen molar-refractivity contribution < 1.29 is 18.7 Å². The Hall–Kier alpha value is -3.00. The van der Waals surface area contributed by atoms with Crippen molar-refractivity contribution in [1.82, 2.24) is 15.3 Å². The number of hydrogen-bond donors (Lipinski definition) is 3. The molecule has 288 valence electrons. The first-order chi connectivity index (χ1) is 24.9. The lowest BCUT2D eigenvalue weighted by atomic mass is 9.30. The lowest BCUT2D eigenvalue weighted by Gasteiger charge is -2.75. The molecule has 0 spiro atoms. The Kier molecular flexibility index (Phi) is 8.37. The first kappa shape index (κ1) is 36.9. The van der Waals surface area contributed by atoms with Gasteiger partial charge in [-0.25, -0.2) is 9.37 Å². The third-order valence-corrected chi connectivity index (χ3v) is 18.0. The van der Waals surface area contributed by atoms with Gasteiger partial charge in [-0.3, -0.25) is 9.59 Å². The molecular weight excluding hydrogens is 664 g/mol. The van der Waals surface area contributed by atoms with Gasteiger partial charge in [0.25, 0.3) is 0 Å². The highest BCUT2D eigenvalue weighted by atomic mass is 19.1. The van der Waals surface area contributed by atoms with Crippen LogP contribution in [0.2, 0.25) is 0 Å². The maximum atomic E-state index is 15.2. The highest BCUT2D eigenvalue weighted by Crippen LogP contribution is 2.78. The van der Waals surface area contributed by atoms with E-state index in [1.54, 1.807) is 12.1 Å². The minimum atomic E-state index is -0.513. The summed E-state index contributed by atoms with van der Waals surface area (Å²) in [5, 5.41) is 3.69. The van der Waals surface area contributed by atoms with E-state index in [-0.39, 0.29) is 51.4 Å². The van der Waals surface area contributed by atoms with Crippen molar-refractivity contribution in [3.05, 3.63) is 54.3 Å². The molecule has 6 saturated carbocycles. The molecule has 6 aliphatic carbocycles. The largest absolute Gasteiger partial charge is 0.462 e. The maximum absolute atomic E-state index is 15.2. The zero-order chi connectivity index (χ0) is 38.0. The molecule has 2 aromatic rings. The number of imidazole rings is 1. The van der Waals surface area contributed by atoms with Gasteiger partial charge in [0.2, 0.25) is 5.91 Å². The van der Waals surface area contributed by atoms with Crippen molar-refractivity contribution >= 4 is 11.9 Å². The lowest BCUT2D eigenvalue weighted by Crippen LogP contribution is -2.77. The number of ether oxygens (including phenoxy) is 1. The number of nitrogens with two attached hydrogens (primary N) is 1. The molecule has 53 heavy (non-hydrogen) atoms. The van der Waals surface area contributed by atoms with Crippen molar-refractivity contribution in [2.75, 3.05) is 0 Å². The predicted octanol–water partition coefficient (Wildman–Crippen LogP) is 9.38. The molecule has 0 aliphatic heterocycles. The van der Waals surface area contributed by atoms with Crippen LogP contribution in [0.5, 0.6) is 0 Å². The number of nitrogens with one attached hydrogen (secondary N) is 2. The lowest BCUT2D eigenvalue weighted by molar-refractivity contribution is -0.256. The van der Waals surface area contributed by atoms with E-state index in [2.05, 4.69) is 58.4 Å². The number of allylic oxidation sites excluding steroid dienone is 1. The fourth-order valence-electron chi connectivity index (χ4n) is 14.5. The van der Waals surface area contributed by atoms with Gasteiger partial charge in [-0.15, -0.1) is 0 Å². The van der Waals surface area contributed by atoms with Crippen molar-refractivity contribution in [2.24, 2.45) is 56.5 Å². The van der Waals surface area contributed by atoms with Crippen molar-refractivity contribution in [3.8, 4) is 11.3 Å². The zero-order valence-corrected chi connectivity index (χ0v) is 33.3. The van der Waals surface area contributed by atoms with E-state index in [0.29, 0.717) is 17.8 Å². The summed E-state index contributed by atoms with van der Waals surface area (Å²) < 4.78 is 19.6. The fraction of sp³-hybridized carbons (Fsp3) is 0.711. The summed E-state index contributed by atoms with van der Waals surface area (Å²) in [5.41, 5.74) is 8.95. The molecule has 0 radical (unpaired) electrons. The fourth-order valence-corrected chi connectivity index (χ4v) is 14.5. The minimum Gasteiger partial charge on any atom is -0.462 e. The summed E-state index contributed by atoms with van der Waals surface area (Å²) in [4.78, 5) is 35.7. The average Bonchev–Trinajstić information content (AvgIpc) is 3.74. The van der Waals surface area contributed by atoms with Gasteiger partial charge in [-0.1, -0.05) is 46.8 Å². The number of nitrogens with zero attached hydrogens (tertiary/aromatic N) is 1. The molecule has 6 fully saturated rings. The standard InChI is InChI=1S/C45H63FN4O3/c1-27(2)31-16-21-43(38(52)50-44(18-9-19-44)37-48-26-33(49-37)29-10-12-30(46)13-11-29)24-22-40(6)32(36(31)43)14-15-34-41(40,7)23-25-45(47)39(4,5)35(53-28(3)51)17-20-42(34,45)8/h10-13,26,31-32,34-36H,1,9,14-25,47H2,2-8H3,(H,48,49)(H,50,52)/t31-,32?,34-,35-,36+,40+,41+,42+,43-,45+/m0/s1. The molecule has 1 aromatic carbocycles. The van der Waals surface area contributed by atoms with Crippen LogP contribution in [0.25, 0.3) is 11.3 Å². The van der Waals surface area contributed by atoms with Crippen LogP contribution in [-0.2, 0) is 19.9 Å². The smallest absolute Gasteiger partial charge is 0.302 e. The third kappa shape index (κ3) is 4.88. The number of benzene rings is 1. The molecule has 6 aliphatic rings. The number of rotatable bonds is 6. The van der Waals surface area contributed by atoms with Gasteiger partial charge in [0.1, 0.15) is 17.7 Å². The minimum absolute atomic E-state index is 0.0584. The van der Waals surface area contributed by atoms with Gasteiger partial charge < -0.3 is 20.8 Å². The number of fused-ring (bicyclic) bond motifs is 7. The third-order valence-electron chi connectivity index (χ3n) is 18.0. The van der Waals surface area contributed by atoms with E-state index in [1.165, 1.54) is 24.6 Å². The first-order valence-corrected chi connectivity index (χ1v) is 20.6. The van der Waals surface area contributed by atoms with Crippen LogP contribution in [-0.4, -0.2) is 33.5 Å². The van der Waals surface area contributed by atoms with Crippen LogP contribution in [0.1, 0.15) is 138 Å². The maximum Gasteiger partial charge on any atom is 0.302 e. The number of carbonyl (C=O) groups excluding carboxylic acids is 2. The molecule has 1 heterocycles. The summed E-state index contributed by atoms with van der Waals surface area (Å²) >= 11 is 0. The second-order valence-corrected chi connectivity index (χ2v) is 20.0. The van der Waals surface area contributed by atoms with Crippen molar-refractivity contribution in [3.63, 3.8) is 0 Å². The van der Waals surface area contributed by atoms with Crippen molar-refractivity contribution in [1.29, 1.82) is 0 Å². The average molecular weight is 727 g/mol. The molecule has 10 atom stereocenters. The number of hydrogen-bond acceptors (Lipinski definition) is 5. The van der Waals surface area contributed by atoms with Gasteiger partial charge in [0.15, 0.2) is 0 Å². The van der Waals surface area contributed by atoms with Crippen LogP contribution in [0.4, 0.5) is 4.39 Å². The normalized spacial score (nSPS) is 42.2. The number of carbonyl (C=O) groups is 2. The van der Waals surface area contributed by atoms with E-state index < -0.39 is 16.5 Å². The summed E-state index contributed by atoms with van der Waals surface area (Å²) in [6.07, 6.45) is 14.2. The molecule has 1 unspecified atom stereocenters. The van der Waals surface area contributed by atoms with Crippen LogP contribution in [0.15, 0.2) is 42.6 Å². The van der Waals surface area contributed by atoms with E-state index in [9.17, 15) is 9.18 Å². The quantitative estimate of drug-likeness (QED) is 0.203. The second kappa shape index (κ2) is 12.0. The highest BCUT2D eigenvalue weighted by molar-refractivity contribution is 5.85. The molecule has 8 rings (SSSR count). The summed E-state index contributed by atoms with van der Waals surface area (Å²) in [7, 11) is 0. The summed E-state index contributed by atoms with van der Waals surface area (Å²) in [6.45, 7) is 20.4. The zero-order valence-electron chi connectivity index (χ0n) is 33.3. The molecule has 0 bridgehead atoms. The Morgan fingerprint density at radius 2 is 1.58 bits per heavy atom. The molecule has 8 heteroatoms. The Morgan fingerprint density at radius 3 is 2.23 bits per heavy atom. The van der Waals surface area contributed by atoms with E-state index >= 15 is 4.79 Å².